The van der Waals surface area contributed by atoms with Gasteiger partial charge in [-0.25, -0.2) is 0 Å². The molecule has 2 spiro atoms. The summed E-state index contributed by atoms with van der Waals surface area (Å²) >= 11 is 2.01. The van der Waals surface area contributed by atoms with Gasteiger partial charge in [0.15, 0.2) is 0 Å². The summed E-state index contributed by atoms with van der Waals surface area (Å²) in [7, 11) is 0. The van der Waals surface area contributed by atoms with Gasteiger partial charge in [0.05, 0.1) is 5.69 Å². The van der Waals surface area contributed by atoms with Crippen LogP contribution in [0.3, 0.4) is 0 Å². The molecule has 5 aliphatic carbocycles. The standard InChI is InChI=1S/C58H53NS/c1-55(2)28-29-56(3,4)48-32-39(22-26-46(48)55)45-15-7-9-18-50(45)59(41-23-20-38(21-24-41)44-16-11-13-37-12-5-6-14-43(37)44)42-25-27-52-49(34-42)58(47-17-8-10-19-51(47)60-52)53-31-36-30-40-33-54(58)57(40,53)35-36/h5-27,32,34,36,40,53-54H,28-31,33,35H2,1-4H3. The molecule has 1 aliphatic heterocycles. The molecule has 13 rings (SSSR count). The molecule has 2 bridgehead atoms. The maximum absolute atomic E-state index is 2.67. The van der Waals surface area contributed by atoms with E-state index in [1.54, 1.807) is 11.1 Å². The molecule has 6 unspecified atom stereocenters. The van der Waals surface area contributed by atoms with Gasteiger partial charge in [-0.2, -0.15) is 0 Å². The molecule has 4 fully saturated rings. The van der Waals surface area contributed by atoms with Crippen molar-refractivity contribution in [2.45, 2.75) is 92.3 Å². The fraction of sp³-hybridized carbons (Fsp3) is 0.310. The van der Waals surface area contributed by atoms with E-state index in [2.05, 4.69) is 184 Å². The summed E-state index contributed by atoms with van der Waals surface area (Å²) in [6.45, 7) is 9.76. The van der Waals surface area contributed by atoms with Gasteiger partial charge < -0.3 is 4.90 Å². The van der Waals surface area contributed by atoms with Crippen LogP contribution in [0, 0.1) is 29.1 Å². The lowest BCUT2D eigenvalue weighted by molar-refractivity contribution is -0.235. The number of anilines is 3. The van der Waals surface area contributed by atoms with Crippen molar-refractivity contribution in [2.24, 2.45) is 29.1 Å². The Hall–Kier alpha value is -5.05. The summed E-state index contributed by atoms with van der Waals surface area (Å²) in [5.74, 6) is 3.40. The average Bonchev–Trinajstić information content (AvgIpc) is 3.81. The second-order valence-electron chi connectivity index (χ2n) is 20.8. The van der Waals surface area contributed by atoms with Crippen LogP contribution < -0.4 is 4.90 Å². The first-order valence-corrected chi connectivity index (χ1v) is 23.5. The maximum atomic E-state index is 2.67. The zero-order chi connectivity index (χ0) is 40.2. The predicted molar refractivity (Wildman–Crippen MR) is 251 cm³/mol. The normalized spacial score (nSPS) is 27.9. The summed E-state index contributed by atoms with van der Waals surface area (Å²) in [4.78, 5) is 5.55. The van der Waals surface area contributed by atoms with E-state index in [1.165, 1.54) is 110 Å². The van der Waals surface area contributed by atoms with E-state index in [1.807, 2.05) is 11.8 Å². The summed E-state index contributed by atoms with van der Waals surface area (Å²) < 4.78 is 0. The van der Waals surface area contributed by atoms with Gasteiger partial charge in [0, 0.05) is 32.1 Å². The van der Waals surface area contributed by atoms with Crippen LogP contribution in [-0.4, -0.2) is 0 Å². The predicted octanol–water partition coefficient (Wildman–Crippen LogP) is 15.8. The zero-order valence-electron chi connectivity index (χ0n) is 35.3. The lowest BCUT2D eigenvalue weighted by atomic mass is 9.26. The monoisotopic (exact) mass is 795 g/mol. The molecule has 7 aromatic carbocycles. The van der Waals surface area contributed by atoms with Gasteiger partial charge in [-0.15, -0.1) is 0 Å². The van der Waals surface area contributed by atoms with Crippen molar-refractivity contribution in [1.82, 2.24) is 0 Å². The fourth-order valence-corrected chi connectivity index (χ4v) is 15.8. The Labute approximate surface area is 360 Å². The molecule has 0 radical (unpaired) electrons. The smallest absolute Gasteiger partial charge is 0.0540 e. The number of para-hydroxylation sites is 1. The third-order valence-electron chi connectivity index (χ3n) is 17.3. The van der Waals surface area contributed by atoms with E-state index in [-0.39, 0.29) is 16.2 Å². The summed E-state index contributed by atoms with van der Waals surface area (Å²) in [5, 5.41) is 2.57. The van der Waals surface area contributed by atoms with Gasteiger partial charge in [0.2, 0.25) is 0 Å². The number of hydrogen-bond acceptors (Lipinski definition) is 2. The highest BCUT2D eigenvalue weighted by atomic mass is 32.2. The van der Waals surface area contributed by atoms with Crippen LogP contribution in [0.4, 0.5) is 17.1 Å². The van der Waals surface area contributed by atoms with Crippen LogP contribution in [0.15, 0.2) is 161 Å². The largest absolute Gasteiger partial charge is 0.310 e. The van der Waals surface area contributed by atoms with Crippen LogP contribution in [0.1, 0.15) is 88.5 Å². The molecule has 7 aromatic rings. The molecule has 4 saturated carbocycles. The first kappa shape index (κ1) is 35.7. The number of fused-ring (bicyclic) bond motifs is 9. The van der Waals surface area contributed by atoms with E-state index >= 15 is 0 Å². The van der Waals surface area contributed by atoms with Crippen LogP contribution in [0.2, 0.25) is 0 Å². The van der Waals surface area contributed by atoms with Crippen LogP contribution in [-0.2, 0) is 16.2 Å². The minimum absolute atomic E-state index is 0.110. The van der Waals surface area contributed by atoms with Crippen molar-refractivity contribution in [3.8, 4) is 22.3 Å². The van der Waals surface area contributed by atoms with Crippen molar-refractivity contribution >= 4 is 39.6 Å². The van der Waals surface area contributed by atoms with Gasteiger partial charge in [0.25, 0.3) is 0 Å². The number of hydrogen-bond donors (Lipinski definition) is 0. The number of rotatable bonds is 5. The molecule has 0 amide bonds. The zero-order valence-corrected chi connectivity index (χ0v) is 36.2. The topological polar surface area (TPSA) is 3.24 Å². The first-order chi connectivity index (χ1) is 29.2. The molecule has 1 nitrogen and oxygen atoms in total. The SMILES string of the molecule is CC1(C)CCC(C)(C)c2cc(-c3ccccc3N(c3ccc(-c4cccc5ccccc45)cc3)c3ccc4c(c3)C3(c5ccccc5S4)C4CC5CC6CC3C64C5)ccc21. The van der Waals surface area contributed by atoms with Crippen LogP contribution in [0.25, 0.3) is 33.0 Å². The Bertz CT molecular complexity index is 2910. The Morgan fingerprint density at radius 2 is 1.20 bits per heavy atom. The average molecular weight is 796 g/mol. The second-order valence-corrected chi connectivity index (χ2v) is 21.9. The quantitative estimate of drug-likeness (QED) is 0.171. The molecule has 6 atom stereocenters. The molecule has 296 valence electrons. The molecule has 0 N–H and O–H groups in total. The Balaban J connectivity index is 1.00. The molecule has 60 heavy (non-hydrogen) atoms. The van der Waals surface area contributed by atoms with Gasteiger partial charge in [-0.3, -0.25) is 0 Å². The van der Waals surface area contributed by atoms with Crippen molar-refractivity contribution in [1.29, 1.82) is 0 Å². The Kier molecular flexibility index (Phi) is 7.31. The van der Waals surface area contributed by atoms with Crippen molar-refractivity contribution in [3.05, 3.63) is 174 Å². The third kappa shape index (κ3) is 4.62. The van der Waals surface area contributed by atoms with Gasteiger partial charge in [-0.05, 0) is 171 Å². The Morgan fingerprint density at radius 1 is 0.517 bits per heavy atom. The van der Waals surface area contributed by atoms with E-state index in [0.29, 0.717) is 5.41 Å². The highest BCUT2D eigenvalue weighted by Gasteiger charge is 2.84. The second kappa shape index (κ2) is 12.3. The van der Waals surface area contributed by atoms with E-state index in [0.717, 1.165) is 23.7 Å². The lowest BCUT2D eigenvalue weighted by Gasteiger charge is -2.78. The van der Waals surface area contributed by atoms with Gasteiger partial charge >= 0.3 is 0 Å². The number of nitrogens with zero attached hydrogens (tertiary/aromatic N) is 1. The van der Waals surface area contributed by atoms with Gasteiger partial charge in [0.1, 0.15) is 0 Å². The minimum Gasteiger partial charge on any atom is -0.310 e. The molecular formula is C58H53NS. The van der Waals surface area contributed by atoms with E-state index in [4.69, 9.17) is 0 Å². The van der Waals surface area contributed by atoms with Gasteiger partial charge in [-0.1, -0.05) is 149 Å². The van der Waals surface area contributed by atoms with Crippen molar-refractivity contribution in [2.75, 3.05) is 4.90 Å². The summed E-state index contributed by atoms with van der Waals surface area (Å²) in [6, 6.07) is 58.6. The molecule has 0 saturated heterocycles. The highest BCUT2D eigenvalue weighted by Crippen LogP contribution is 2.89. The van der Waals surface area contributed by atoms with Crippen LogP contribution in [0.5, 0.6) is 0 Å². The fourth-order valence-electron chi connectivity index (χ4n) is 14.6. The minimum atomic E-state index is 0.110. The van der Waals surface area contributed by atoms with Crippen LogP contribution >= 0.6 is 11.8 Å². The van der Waals surface area contributed by atoms with E-state index in [9.17, 15) is 0 Å². The molecule has 6 aliphatic rings. The highest BCUT2D eigenvalue weighted by molar-refractivity contribution is 7.99. The van der Waals surface area contributed by atoms with Crippen molar-refractivity contribution in [3.63, 3.8) is 0 Å². The molecule has 1 heterocycles. The molecule has 0 aromatic heterocycles. The number of benzene rings is 7. The molecular weight excluding hydrogens is 743 g/mol. The molecule has 2 heteroatoms. The van der Waals surface area contributed by atoms with E-state index < -0.39 is 0 Å². The third-order valence-corrected chi connectivity index (χ3v) is 18.4. The lowest BCUT2D eigenvalue weighted by Crippen LogP contribution is -2.74. The first-order valence-electron chi connectivity index (χ1n) is 22.7. The maximum Gasteiger partial charge on any atom is 0.0540 e. The Morgan fingerprint density at radius 3 is 2.07 bits per heavy atom. The van der Waals surface area contributed by atoms with Crippen molar-refractivity contribution < 1.29 is 0 Å². The summed E-state index contributed by atoms with van der Waals surface area (Å²) in [6.07, 6.45) is 8.21. The summed E-state index contributed by atoms with van der Waals surface area (Å²) in [5.41, 5.74) is 16.0.